The Kier molecular flexibility index (Phi) is 4.14. The molecule has 0 bridgehead atoms. The number of pyridine rings is 1. The van der Waals surface area contributed by atoms with Crippen LogP contribution in [0.5, 0.6) is 0 Å². The lowest BCUT2D eigenvalue weighted by Gasteiger charge is -2.32. The highest BCUT2D eigenvalue weighted by atomic mass is 28.3. The molecule has 7 rings (SSSR count). The third kappa shape index (κ3) is 2.46. The fourth-order valence-corrected chi connectivity index (χ4v) is 11.5. The van der Waals surface area contributed by atoms with Crippen molar-refractivity contribution in [3.63, 3.8) is 0 Å². The van der Waals surface area contributed by atoms with Crippen LogP contribution >= 0.6 is 0 Å². The number of aromatic nitrogens is 1. The van der Waals surface area contributed by atoms with E-state index in [1.165, 1.54) is 53.4 Å². The lowest BCUT2D eigenvalue weighted by atomic mass is 9.94. The molecular weight excluding hydrogens is 426 g/mol. The van der Waals surface area contributed by atoms with Gasteiger partial charge in [-0.2, -0.15) is 0 Å². The third-order valence-corrected chi connectivity index (χ3v) is 12.3. The fraction of sp³-hybridized carbons (Fsp3) is 0.0312. The summed E-state index contributed by atoms with van der Waals surface area (Å²) in [6.45, 7) is 2.19. The van der Waals surface area contributed by atoms with Gasteiger partial charge in [0.2, 0.25) is 0 Å². The molecule has 6 aromatic rings. The molecule has 0 fully saturated rings. The maximum Gasteiger partial charge on any atom is 0.183 e. The Hall–Kier alpha value is -4.01. The van der Waals surface area contributed by atoms with Gasteiger partial charge in [0.1, 0.15) is 0 Å². The minimum atomic E-state index is -2.59. The zero-order chi connectivity index (χ0) is 22.7. The van der Waals surface area contributed by atoms with Gasteiger partial charge in [0, 0.05) is 11.8 Å². The number of rotatable bonds is 2. The Morgan fingerprint density at radius 1 is 0.559 bits per heavy atom. The summed E-state index contributed by atoms with van der Waals surface area (Å²) < 4.78 is 0. The van der Waals surface area contributed by atoms with Gasteiger partial charge in [0.05, 0.1) is 5.69 Å². The molecular formula is C32H23NSi. The summed E-state index contributed by atoms with van der Waals surface area (Å²) in [5, 5.41) is 11.0. The summed E-state index contributed by atoms with van der Waals surface area (Å²) in [6, 6.07) is 42.7. The number of nitrogens with zero attached hydrogens (tertiary/aromatic N) is 1. The van der Waals surface area contributed by atoms with Crippen molar-refractivity contribution < 1.29 is 0 Å². The maximum atomic E-state index is 5.06. The van der Waals surface area contributed by atoms with Gasteiger partial charge in [-0.05, 0) is 55.3 Å². The van der Waals surface area contributed by atoms with Gasteiger partial charge < -0.3 is 0 Å². The first kappa shape index (κ1) is 19.5. The Balaban J connectivity index is 1.81. The minimum absolute atomic E-state index is 1.15. The molecule has 0 spiro atoms. The van der Waals surface area contributed by atoms with E-state index in [1.807, 2.05) is 6.20 Å². The molecule has 160 valence electrons. The van der Waals surface area contributed by atoms with E-state index >= 15 is 0 Å². The molecule has 1 nitrogen and oxygen atoms in total. The molecule has 1 aliphatic heterocycles. The van der Waals surface area contributed by atoms with Crippen LogP contribution in [0.2, 0.25) is 0 Å². The van der Waals surface area contributed by atoms with Crippen molar-refractivity contribution in [2.24, 2.45) is 0 Å². The number of benzene rings is 5. The molecule has 0 N–H and O–H groups in total. The first-order chi connectivity index (χ1) is 16.8. The van der Waals surface area contributed by atoms with Gasteiger partial charge in [0.15, 0.2) is 8.07 Å². The van der Waals surface area contributed by atoms with Crippen LogP contribution < -0.4 is 20.7 Å². The molecule has 0 saturated carbocycles. The molecule has 34 heavy (non-hydrogen) atoms. The first-order valence-corrected chi connectivity index (χ1v) is 13.8. The van der Waals surface area contributed by atoms with E-state index in [4.69, 9.17) is 4.98 Å². The molecule has 0 amide bonds. The number of hydrogen-bond donors (Lipinski definition) is 0. The van der Waals surface area contributed by atoms with Crippen LogP contribution in [0.15, 0.2) is 121 Å². The second-order valence-electron chi connectivity index (χ2n) is 9.23. The Bertz CT molecular complexity index is 1670. The summed E-state index contributed by atoms with van der Waals surface area (Å²) in [4.78, 5) is 5.06. The lowest BCUT2D eigenvalue weighted by molar-refractivity contribution is 1.36. The Morgan fingerprint density at radius 3 is 1.91 bits per heavy atom. The van der Waals surface area contributed by atoms with Crippen LogP contribution in [0.3, 0.4) is 0 Å². The highest BCUT2D eigenvalue weighted by Gasteiger charge is 2.50. The van der Waals surface area contributed by atoms with E-state index in [1.54, 1.807) is 0 Å². The van der Waals surface area contributed by atoms with Crippen LogP contribution in [0.4, 0.5) is 0 Å². The molecule has 2 heteroatoms. The van der Waals surface area contributed by atoms with Crippen LogP contribution in [0.1, 0.15) is 5.56 Å². The molecule has 1 aromatic heterocycles. The van der Waals surface area contributed by atoms with E-state index in [9.17, 15) is 0 Å². The van der Waals surface area contributed by atoms with Crippen molar-refractivity contribution in [3.05, 3.63) is 127 Å². The number of hydrogen-bond acceptors (Lipinski definition) is 1. The van der Waals surface area contributed by atoms with Crippen molar-refractivity contribution in [1.29, 1.82) is 0 Å². The molecule has 0 aliphatic carbocycles. The van der Waals surface area contributed by atoms with Crippen LogP contribution in [-0.4, -0.2) is 13.1 Å². The van der Waals surface area contributed by atoms with Gasteiger partial charge >= 0.3 is 0 Å². The van der Waals surface area contributed by atoms with Crippen molar-refractivity contribution in [1.82, 2.24) is 4.98 Å². The molecule has 1 aliphatic rings. The van der Waals surface area contributed by atoms with Crippen LogP contribution in [-0.2, 0) is 0 Å². The first-order valence-electron chi connectivity index (χ1n) is 11.8. The average Bonchev–Trinajstić information content (AvgIpc) is 3.22. The maximum absolute atomic E-state index is 5.06. The molecule has 0 saturated heterocycles. The van der Waals surface area contributed by atoms with E-state index in [-0.39, 0.29) is 0 Å². The zero-order valence-electron chi connectivity index (χ0n) is 19.0. The van der Waals surface area contributed by atoms with Gasteiger partial charge in [-0.1, -0.05) is 115 Å². The number of aryl methyl sites for hydroxylation is 1. The van der Waals surface area contributed by atoms with Crippen LogP contribution in [0.25, 0.3) is 32.8 Å². The average molecular weight is 450 g/mol. The second kappa shape index (κ2) is 7.24. The SMILES string of the molecule is Cc1ccc2c3c(c4ccccc4c2c1)-c1ncccc1[Si]3(c1ccccc1)c1ccccc1. The number of fused-ring (bicyclic) bond motifs is 8. The summed E-state index contributed by atoms with van der Waals surface area (Å²) in [5.41, 5.74) is 3.76. The smallest absolute Gasteiger partial charge is 0.183 e. The van der Waals surface area contributed by atoms with E-state index in [2.05, 4.69) is 122 Å². The summed E-state index contributed by atoms with van der Waals surface area (Å²) in [7, 11) is -2.59. The van der Waals surface area contributed by atoms with Crippen molar-refractivity contribution in [3.8, 4) is 11.3 Å². The summed E-state index contributed by atoms with van der Waals surface area (Å²) in [6.07, 6.45) is 1.96. The normalized spacial score (nSPS) is 13.7. The molecule has 2 heterocycles. The lowest BCUT2D eigenvalue weighted by Crippen LogP contribution is -2.73. The van der Waals surface area contributed by atoms with Gasteiger partial charge in [-0.25, -0.2) is 0 Å². The molecule has 0 atom stereocenters. The topological polar surface area (TPSA) is 12.9 Å². The van der Waals surface area contributed by atoms with E-state index < -0.39 is 8.07 Å². The monoisotopic (exact) mass is 449 g/mol. The zero-order valence-corrected chi connectivity index (χ0v) is 20.0. The predicted octanol–water partition coefficient (Wildman–Crippen LogP) is 5.05. The van der Waals surface area contributed by atoms with Crippen LogP contribution in [0, 0.1) is 6.92 Å². The fourth-order valence-electron chi connectivity index (χ4n) is 6.12. The Labute approximate surface area is 200 Å². The molecule has 0 unspecified atom stereocenters. The van der Waals surface area contributed by atoms with E-state index in [0.717, 1.165) is 5.69 Å². The van der Waals surface area contributed by atoms with Gasteiger partial charge in [0.25, 0.3) is 0 Å². The summed E-state index contributed by atoms with van der Waals surface area (Å²) in [5.74, 6) is 0. The third-order valence-electron chi connectivity index (χ3n) is 7.42. The largest absolute Gasteiger partial charge is 0.256 e. The van der Waals surface area contributed by atoms with Gasteiger partial charge in [-0.3, -0.25) is 4.98 Å². The summed E-state index contributed by atoms with van der Waals surface area (Å²) >= 11 is 0. The standard InChI is InChI=1S/C32H23NSi/c1-22-18-19-27-28(21-22)25-15-8-9-16-26(25)30-31-29(17-10-20-33-31)34(32(27)30,23-11-4-2-5-12-23)24-13-6-3-7-14-24/h2-21H,1H3. The van der Waals surface area contributed by atoms with Crippen molar-refractivity contribution in [2.45, 2.75) is 6.92 Å². The van der Waals surface area contributed by atoms with Gasteiger partial charge in [-0.15, -0.1) is 0 Å². The highest BCUT2D eigenvalue weighted by Crippen LogP contribution is 2.38. The quantitative estimate of drug-likeness (QED) is 0.266. The minimum Gasteiger partial charge on any atom is -0.256 e. The molecule has 5 aromatic carbocycles. The highest BCUT2D eigenvalue weighted by molar-refractivity contribution is 7.23. The second-order valence-corrected chi connectivity index (χ2v) is 12.9. The van der Waals surface area contributed by atoms with Crippen molar-refractivity contribution in [2.75, 3.05) is 0 Å². The predicted molar refractivity (Wildman–Crippen MR) is 147 cm³/mol. The Morgan fingerprint density at radius 2 is 1.21 bits per heavy atom. The molecule has 0 radical (unpaired) electrons. The van der Waals surface area contributed by atoms with Crippen molar-refractivity contribution >= 4 is 50.4 Å². The van der Waals surface area contributed by atoms with E-state index in [0.29, 0.717) is 0 Å².